The van der Waals surface area contributed by atoms with Gasteiger partial charge in [0.1, 0.15) is 11.9 Å². The predicted molar refractivity (Wildman–Crippen MR) is 75.1 cm³/mol. The van der Waals surface area contributed by atoms with Gasteiger partial charge < -0.3 is 4.90 Å². The molecule has 0 saturated carbocycles. The molecule has 0 N–H and O–H groups in total. The summed E-state index contributed by atoms with van der Waals surface area (Å²) in [6.45, 7) is 4.06. The van der Waals surface area contributed by atoms with E-state index in [4.69, 9.17) is 5.26 Å². The average Bonchev–Trinajstić information content (AvgIpc) is 2.36. The van der Waals surface area contributed by atoms with Gasteiger partial charge in [-0.3, -0.25) is 0 Å². The fourth-order valence-corrected chi connectivity index (χ4v) is 2.17. The lowest BCUT2D eigenvalue weighted by Gasteiger charge is -2.21. The molecule has 0 aliphatic rings. The fourth-order valence-electron chi connectivity index (χ4n) is 2.17. The second-order valence-electron chi connectivity index (χ2n) is 4.68. The van der Waals surface area contributed by atoms with Gasteiger partial charge in [-0.25, -0.2) is 4.39 Å². The molecule has 2 aromatic carbocycles. The largest absolute Gasteiger partial charge is 0.344 e. The van der Waals surface area contributed by atoms with Crippen LogP contribution >= 0.6 is 0 Å². The van der Waals surface area contributed by atoms with Crippen molar-refractivity contribution in [3.8, 4) is 6.07 Å². The first-order valence-electron chi connectivity index (χ1n) is 6.03. The number of rotatable bonds is 2. The summed E-state index contributed by atoms with van der Waals surface area (Å²) < 4.78 is 13.2. The Morgan fingerprint density at radius 2 is 1.68 bits per heavy atom. The first-order valence-corrected chi connectivity index (χ1v) is 6.03. The van der Waals surface area contributed by atoms with E-state index < -0.39 is 5.82 Å². The monoisotopic (exact) mass is 254 g/mol. The number of halogens is 1. The minimum absolute atomic E-state index is 0.335. The fraction of sp³-hybridized carbons (Fsp3) is 0.188. The number of benzene rings is 2. The summed E-state index contributed by atoms with van der Waals surface area (Å²) in [7, 11) is 1.88. The van der Waals surface area contributed by atoms with E-state index in [1.807, 2.05) is 44.0 Å². The quantitative estimate of drug-likeness (QED) is 0.807. The second-order valence-corrected chi connectivity index (χ2v) is 4.68. The van der Waals surface area contributed by atoms with Crippen LogP contribution in [0.25, 0.3) is 0 Å². The van der Waals surface area contributed by atoms with E-state index in [2.05, 4.69) is 6.07 Å². The second kappa shape index (κ2) is 5.11. The lowest BCUT2D eigenvalue weighted by Crippen LogP contribution is -2.11. The molecule has 96 valence electrons. The Labute approximate surface area is 112 Å². The zero-order chi connectivity index (χ0) is 14.0. The smallest absolute Gasteiger partial charge is 0.124 e. The molecule has 2 rings (SSSR count). The van der Waals surface area contributed by atoms with Gasteiger partial charge in [-0.15, -0.1) is 0 Å². The molecule has 2 nitrogen and oxygen atoms in total. The third-order valence-electron chi connectivity index (χ3n) is 3.03. The molecule has 0 heterocycles. The van der Waals surface area contributed by atoms with Crippen LogP contribution < -0.4 is 4.90 Å². The molecule has 0 fully saturated rings. The molecule has 0 bridgehead atoms. The topological polar surface area (TPSA) is 27.0 Å². The van der Waals surface area contributed by atoms with Crippen molar-refractivity contribution in [3.63, 3.8) is 0 Å². The summed E-state index contributed by atoms with van der Waals surface area (Å²) in [4.78, 5) is 1.90. The normalized spacial score (nSPS) is 10.1. The predicted octanol–water partition coefficient (Wildman–Crippen LogP) is 4.08. The van der Waals surface area contributed by atoms with Crippen LogP contribution in [0.2, 0.25) is 0 Å². The van der Waals surface area contributed by atoms with E-state index in [0.717, 1.165) is 16.8 Å². The molecule has 0 aromatic heterocycles. The SMILES string of the molecule is Cc1cc(C)cc(N(C)c2ccc(F)cc2C#N)c1. The minimum Gasteiger partial charge on any atom is -0.344 e. The summed E-state index contributed by atoms with van der Waals surface area (Å²) in [5, 5.41) is 9.10. The van der Waals surface area contributed by atoms with Crippen LogP contribution in [0, 0.1) is 31.0 Å². The lowest BCUT2D eigenvalue weighted by atomic mass is 10.1. The Bertz CT molecular complexity index is 636. The Hall–Kier alpha value is -2.34. The van der Waals surface area contributed by atoms with E-state index in [1.54, 1.807) is 6.07 Å². The molecule has 0 aliphatic carbocycles. The van der Waals surface area contributed by atoms with Crippen LogP contribution in [0.15, 0.2) is 36.4 Å². The summed E-state index contributed by atoms with van der Waals surface area (Å²) >= 11 is 0. The van der Waals surface area contributed by atoms with Gasteiger partial charge in [0.05, 0.1) is 11.3 Å². The van der Waals surface area contributed by atoms with Gasteiger partial charge in [-0.2, -0.15) is 5.26 Å². The standard InChI is InChI=1S/C16H15FN2/c1-11-6-12(2)8-15(7-11)19(3)16-5-4-14(17)9-13(16)10-18/h4-9H,1-3H3. The lowest BCUT2D eigenvalue weighted by molar-refractivity contribution is 0.627. The van der Waals surface area contributed by atoms with Crippen molar-refractivity contribution in [3.05, 3.63) is 58.9 Å². The zero-order valence-electron chi connectivity index (χ0n) is 11.2. The summed E-state index contributed by atoms with van der Waals surface area (Å²) in [6, 6.07) is 12.5. The van der Waals surface area contributed by atoms with Crippen LogP contribution in [0.1, 0.15) is 16.7 Å². The van der Waals surface area contributed by atoms with Crippen molar-refractivity contribution in [2.24, 2.45) is 0 Å². The molecule has 0 radical (unpaired) electrons. The number of nitriles is 1. The first kappa shape index (κ1) is 13.1. The van der Waals surface area contributed by atoms with Gasteiger partial charge >= 0.3 is 0 Å². The van der Waals surface area contributed by atoms with Crippen LogP contribution in [-0.4, -0.2) is 7.05 Å². The molecule has 3 heteroatoms. The summed E-state index contributed by atoms with van der Waals surface area (Å²) in [5.74, 6) is -0.394. The van der Waals surface area contributed by atoms with E-state index in [1.165, 1.54) is 12.1 Å². The number of anilines is 2. The third kappa shape index (κ3) is 2.74. The van der Waals surface area contributed by atoms with Gasteiger partial charge in [-0.1, -0.05) is 6.07 Å². The molecule has 0 amide bonds. The van der Waals surface area contributed by atoms with Crippen molar-refractivity contribution >= 4 is 11.4 Å². The third-order valence-corrected chi connectivity index (χ3v) is 3.03. The molecule has 0 atom stereocenters. The van der Waals surface area contributed by atoms with Crippen LogP contribution in [0.3, 0.4) is 0 Å². The van der Waals surface area contributed by atoms with Crippen molar-refractivity contribution < 1.29 is 4.39 Å². The van der Waals surface area contributed by atoms with Gasteiger partial charge in [0.2, 0.25) is 0 Å². The molecule has 2 aromatic rings. The highest BCUT2D eigenvalue weighted by atomic mass is 19.1. The molecule has 19 heavy (non-hydrogen) atoms. The Morgan fingerprint density at radius 1 is 1.05 bits per heavy atom. The van der Waals surface area contributed by atoms with E-state index in [-0.39, 0.29) is 0 Å². The minimum atomic E-state index is -0.394. The number of aryl methyl sites for hydroxylation is 2. The van der Waals surface area contributed by atoms with Crippen LogP contribution in [0.5, 0.6) is 0 Å². The van der Waals surface area contributed by atoms with E-state index in [0.29, 0.717) is 11.3 Å². The maximum Gasteiger partial charge on any atom is 0.124 e. The average molecular weight is 254 g/mol. The Kier molecular flexibility index (Phi) is 3.52. The molecule has 0 aliphatic heterocycles. The van der Waals surface area contributed by atoms with Crippen molar-refractivity contribution in [1.29, 1.82) is 5.26 Å². The maximum absolute atomic E-state index is 13.2. The molecule has 0 spiro atoms. The van der Waals surface area contributed by atoms with E-state index >= 15 is 0 Å². The Balaban J connectivity index is 2.50. The molecule has 0 unspecified atom stereocenters. The van der Waals surface area contributed by atoms with Crippen LogP contribution in [-0.2, 0) is 0 Å². The highest BCUT2D eigenvalue weighted by Gasteiger charge is 2.10. The van der Waals surface area contributed by atoms with Crippen molar-refractivity contribution in [1.82, 2.24) is 0 Å². The molecular formula is C16H15FN2. The zero-order valence-corrected chi connectivity index (χ0v) is 11.2. The van der Waals surface area contributed by atoms with E-state index in [9.17, 15) is 4.39 Å². The summed E-state index contributed by atoms with van der Waals surface area (Å²) in [5.41, 5.74) is 4.33. The summed E-state index contributed by atoms with van der Waals surface area (Å²) in [6.07, 6.45) is 0. The van der Waals surface area contributed by atoms with Gasteiger partial charge in [-0.05, 0) is 55.3 Å². The van der Waals surface area contributed by atoms with Gasteiger partial charge in [0, 0.05) is 12.7 Å². The highest BCUT2D eigenvalue weighted by Crippen LogP contribution is 2.28. The van der Waals surface area contributed by atoms with Crippen molar-refractivity contribution in [2.75, 3.05) is 11.9 Å². The first-order chi connectivity index (χ1) is 9.01. The maximum atomic E-state index is 13.2. The molecule has 0 saturated heterocycles. The van der Waals surface area contributed by atoms with Gasteiger partial charge in [0.15, 0.2) is 0 Å². The van der Waals surface area contributed by atoms with Gasteiger partial charge in [0.25, 0.3) is 0 Å². The Morgan fingerprint density at radius 3 is 2.26 bits per heavy atom. The molecular weight excluding hydrogens is 239 g/mol. The number of nitrogens with zero attached hydrogens (tertiary/aromatic N) is 2. The number of hydrogen-bond acceptors (Lipinski definition) is 2. The number of hydrogen-bond donors (Lipinski definition) is 0. The van der Waals surface area contributed by atoms with Crippen LogP contribution in [0.4, 0.5) is 15.8 Å². The van der Waals surface area contributed by atoms with Crippen molar-refractivity contribution in [2.45, 2.75) is 13.8 Å². The highest BCUT2D eigenvalue weighted by molar-refractivity contribution is 5.69.